The Balaban J connectivity index is 0. The molecule has 1 nitrogen and oxygen atoms in total. The van der Waals surface area contributed by atoms with Crippen LogP contribution >= 0.6 is 0 Å². The van der Waals surface area contributed by atoms with E-state index in [1.165, 1.54) is 0 Å². The fraction of sp³-hybridized carbons (Fsp3) is 0. The third-order valence-corrected chi connectivity index (χ3v) is 0. The van der Waals surface area contributed by atoms with Crippen LogP contribution in [-0.4, -0.2) is 5.48 Å². The Kier molecular flexibility index (Phi) is 9.66. The molecule has 0 aromatic rings. The molecule has 0 aliphatic heterocycles. The molecule has 0 aliphatic rings. The summed E-state index contributed by atoms with van der Waals surface area (Å²) in [5, 5.41) is 0. The molecule has 0 fully saturated rings. The van der Waals surface area contributed by atoms with Crippen LogP contribution in [0.4, 0.5) is 2.88 Å². The molecule has 0 heterocycles. The summed E-state index contributed by atoms with van der Waals surface area (Å²) in [6.07, 6.45) is 0. The van der Waals surface area contributed by atoms with Crippen molar-refractivity contribution in [3.63, 3.8) is 0 Å². The molecule has 0 radical (unpaired) electrons. The summed E-state index contributed by atoms with van der Waals surface area (Å²) >= 11 is -5.22. The van der Waals surface area contributed by atoms with Crippen LogP contribution < -0.4 is 0 Å². The van der Waals surface area contributed by atoms with Crippen molar-refractivity contribution in [3.8, 4) is 0 Å². The van der Waals surface area contributed by atoms with Crippen LogP contribution in [0.2, 0.25) is 0 Å². The Labute approximate surface area is 45.5 Å². The zero-order valence-electron chi connectivity index (χ0n) is 2.21. The SMILES string of the molecule is O.[F][Pr]([F])[F]. The zero-order valence-corrected chi connectivity index (χ0v) is 5.92. The van der Waals surface area contributed by atoms with Gasteiger partial charge < -0.3 is 5.48 Å². The quantitative estimate of drug-likeness (QED) is 0.562. The minimum atomic E-state index is -5.22. The second kappa shape index (κ2) is 5.11. The molecule has 0 bridgehead atoms. The van der Waals surface area contributed by atoms with Gasteiger partial charge in [-0.05, 0) is 0 Å². The summed E-state index contributed by atoms with van der Waals surface area (Å²) < 4.78 is 29.7. The molecule has 0 aliphatic carbocycles. The molecule has 32 valence electrons. The predicted octanol–water partition coefficient (Wildman–Crippen LogP) is 0.436. The van der Waals surface area contributed by atoms with E-state index in [0.717, 1.165) is 0 Å². The first kappa shape index (κ1) is 9.45. The van der Waals surface area contributed by atoms with Crippen molar-refractivity contribution in [2.45, 2.75) is 0 Å². The molecule has 0 saturated carbocycles. The molecule has 0 unspecified atom stereocenters. The summed E-state index contributed by atoms with van der Waals surface area (Å²) in [6.45, 7) is 0. The van der Waals surface area contributed by atoms with E-state index >= 15 is 0 Å². The molecule has 0 aromatic carbocycles. The maximum absolute atomic E-state index is 9.89. The van der Waals surface area contributed by atoms with Gasteiger partial charge in [0.15, 0.2) is 0 Å². The molecule has 0 aromatic heterocycles. The molecular formula is H2F3OPr. The van der Waals surface area contributed by atoms with E-state index in [4.69, 9.17) is 0 Å². The van der Waals surface area contributed by atoms with Crippen LogP contribution in [0, 0.1) is 37.5 Å². The van der Waals surface area contributed by atoms with E-state index in [9.17, 15) is 2.88 Å². The summed E-state index contributed by atoms with van der Waals surface area (Å²) in [5.41, 5.74) is 0. The normalized spacial score (nSPS) is 5.40. The van der Waals surface area contributed by atoms with Gasteiger partial charge in [-0.15, -0.1) is 0 Å². The van der Waals surface area contributed by atoms with Crippen LogP contribution in [0.1, 0.15) is 0 Å². The van der Waals surface area contributed by atoms with E-state index in [-0.39, 0.29) is 5.48 Å². The Bertz CT molecular complexity index is 11.6. The van der Waals surface area contributed by atoms with Crippen LogP contribution in [-0.2, 0) is 0 Å². The Hall–Kier alpha value is 1.11. The zero-order chi connectivity index (χ0) is 3.58. The summed E-state index contributed by atoms with van der Waals surface area (Å²) in [5.74, 6) is 0. The molecule has 0 spiro atoms. The van der Waals surface area contributed by atoms with Gasteiger partial charge in [-0.2, -0.15) is 0 Å². The average Bonchev–Trinajstić information content (AvgIpc) is 0.811. The molecule has 0 amide bonds. The maximum atomic E-state index is 9.89. The van der Waals surface area contributed by atoms with Gasteiger partial charge in [0.25, 0.3) is 0 Å². The van der Waals surface area contributed by atoms with Gasteiger partial charge in [0.2, 0.25) is 0 Å². The first-order valence-electron chi connectivity index (χ1n) is 0.655. The van der Waals surface area contributed by atoms with Gasteiger partial charge in [-0.3, -0.25) is 0 Å². The first-order chi connectivity index (χ1) is 1.73. The first-order valence-corrected chi connectivity index (χ1v) is 4.86. The average molecular weight is 216 g/mol. The van der Waals surface area contributed by atoms with Crippen molar-refractivity contribution in [1.29, 1.82) is 0 Å². The summed E-state index contributed by atoms with van der Waals surface area (Å²) in [6, 6.07) is 0. The van der Waals surface area contributed by atoms with Crippen LogP contribution in [0.5, 0.6) is 0 Å². The van der Waals surface area contributed by atoms with Gasteiger partial charge in [-0.1, -0.05) is 0 Å². The summed E-state index contributed by atoms with van der Waals surface area (Å²) in [7, 11) is 0. The predicted molar refractivity (Wildman–Crippen MR) is 6.94 cm³/mol. The Morgan fingerprint density at radius 3 is 1.00 bits per heavy atom. The fourth-order valence-electron chi connectivity index (χ4n) is 0. The third-order valence-electron chi connectivity index (χ3n) is 0. The van der Waals surface area contributed by atoms with Gasteiger partial charge in [-0.25, -0.2) is 0 Å². The topological polar surface area (TPSA) is 31.5 Å². The third kappa shape index (κ3) is 40.0. The molecule has 0 atom stereocenters. The summed E-state index contributed by atoms with van der Waals surface area (Å²) in [4.78, 5) is 0. The molecule has 2 N–H and O–H groups in total. The number of rotatable bonds is 0. The van der Waals surface area contributed by atoms with Crippen molar-refractivity contribution in [3.05, 3.63) is 0 Å². The second-order valence-corrected chi connectivity index (χ2v) is 1.84. The van der Waals surface area contributed by atoms with Gasteiger partial charge in [0.1, 0.15) is 0 Å². The Morgan fingerprint density at radius 1 is 1.00 bits per heavy atom. The fourth-order valence-corrected chi connectivity index (χ4v) is 0. The standard InChI is InChI=1S/3FH.H2O.Pr/h3*1H;1H2;/q;;;;+3/p-3. The van der Waals surface area contributed by atoms with Crippen molar-refractivity contribution < 1.29 is 45.9 Å². The molecule has 0 saturated heterocycles. The minimum absolute atomic E-state index is 0. The van der Waals surface area contributed by atoms with Crippen molar-refractivity contribution in [2.24, 2.45) is 0 Å². The van der Waals surface area contributed by atoms with E-state index in [0.29, 0.717) is 0 Å². The van der Waals surface area contributed by atoms with E-state index in [2.05, 4.69) is 0 Å². The van der Waals surface area contributed by atoms with Crippen LogP contribution in [0.15, 0.2) is 0 Å². The monoisotopic (exact) mass is 216 g/mol. The van der Waals surface area contributed by atoms with Gasteiger partial charge in [0.05, 0.1) is 0 Å². The van der Waals surface area contributed by atoms with E-state index < -0.39 is 37.5 Å². The molecular weight excluding hydrogens is 214 g/mol. The molecule has 0 rings (SSSR count). The Morgan fingerprint density at radius 2 is 1.00 bits per heavy atom. The number of hydrogen-bond acceptors (Lipinski definition) is 0. The number of hydrogen-bond donors (Lipinski definition) is 0. The van der Waals surface area contributed by atoms with Crippen LogP contribution in [0.25, 0.3) is 0 Å². The van der Waals surface area contributed by atoms with Crippen molar-refractivity contribution in [1.82, 2.24) is 0 Å². The number of halogens is 3. The van der Waals surface area contributed by atoms with E-state index in [1.807, 2.05) is 0 Å². The van der Waals surface area contributed by atoms with Gasteiger partial charge >= 0.3 is 40.4 Å². The van der Waals surface area contributed by atoms with E-state index in [1.54, 1.807) is 0 Å². The van der Waals surface area contributed by atoms with Gasteiger partial charge in [0, 0.05) is 0 Å². The second-order valence-electron chi connectivity index (χ2n) is 0.247. The molecule has 5 heavy (non-hydrogen) atoms. The van der Waals surface area contributed by atoms with Crippen LogP contribution in [0.3, 0.4) is 0 Å². The molecule has 5 heteroatoms. The van der Waals surface area contributed by atoms with Crippen molar-refractivity contribution >= 4 is 0 Å². The van der Waals surface area contributed by atoms with Crippen molar-refractivity contribution in [2.75, 3.05) is 0 Å².